The average molecular weight is 291 g/mol. The summed E-state index contributed by atoms with van der Waals surface area (Å²) in [6.45, 7) is 0.323. The molecule has 21 heavy (non-hydrogen) atoms. The third kappa shape index (κ3) is 3.55. The number of hydrogen-bond donors (Lipinski definition) is 1. The average Bonchev–Trinajstić information content (AvgIpc) is 2.96. The van der Waals surface area contributed by atoms with Gasteiger partial charge in [0.05, 0.1) is 14.2 Å². The number of ether oxygens (including phenoxy) is 3. The van der Waals surface area contributed by atoms with Gasteiger partial charge in [-0.3, -0.25) is 4.79 Å². The number of methoxy groups -OCH3 is 3. The van der Waals surface area contributed by atoms with Gasteiger partial charge in [-0.15, -0.1) is 0 Å². The summed E-state index contributed by atoms with van der Waals surface area (Å²) in [5.41, 5.74) is 0.586. The minimum atomic E-state index is -0.343. The third-order valence-corrected chi connectivity index (χ3v) is 2.81. The predicted octanol–water partition coefficient (Wildman–Crippen LogP) is 2.70. The normalized spacial score (nSPS) is 10.2. The van der Waals surface area contributed by atoms with E-state index in [9.17, 15) is 4.79 Å². The summed E-state index contributed by atoms with van der Waals surface area (Å²) < 4.78 is 20.6. The van der Waals surface area contributed by atoms with E-state index in [1.165, 1.54) is 7.11 Å². The number of hydrogen-bond acceptors (Lipinski definition) is 5. The molecule has 1 heterocycles. The smallest absolute Gasteiger partial charge is 0.291 e. The maximum absolute atomic E-state index is 12.1. The molecule has 0 aliphatic rings. The van der Waals surface area contributed by atoms with E-state index in [4.69, 9.17) is 18.6 Å². The number of carbonyl (C=O) groups excluding carboxylic acids is 1. The monoisotopic (exact) mass is 291 g/mol. The molecule has 2 aromatic rings. The Hall–Kier alpha value is -2.47. The second-order valence-electron chi connectivity index (χ2n) is 4.22. The summed E-state index contributed by atoms with van der Waals surface area (Å²) in [4.78, 5) is 12.1. The summed E-state index contributed by atoms with van der Waals surface area (Å²) in [6.07, 6.45) is 0. The van der Waals surface area contributed by atoms with Crippen molar-refractivity contribution in [2.45, 2.75) is 6.61 Å². The number of nitrogens with one attached hydrogen (secondary N) is 1. The largest absolute Gasteiger partial charge is 0.493 e. The van der Waals surface area contributed by atoms with Gasteiger partial charge in [-0.05, 0) is 24.3 Å². The Morgan fingerprint density at radius 3 is 2.52 bits per heavy atom. The number of furan rings is 1. The summed E-state index contributed by atoms with van der Waals surface area (Å²) >= 11 is 0. The minimum absolute atomic E-state index is 0.219. The second kappa shape index (κ2) is 6.81. The molecule has 0 saturated heterocycles. The fourth-order valence-corrected chi connectivity index (χ4v) is 1.83. The molecule has 6 nitrogen and oxygen atoms in total. The van der Waals surface area contributed by atoms with Crippen LogP contribution in [0.3, 0.4) is 0 Å². The molecule has 2 rings (SSSR count). The molecule has 1 aromatic carbocycles. The van der Waals surface area contributed by atoms with E-state index in [1.54, 1.807) is 44.6 Å². The molecule has 0 atom stereocenters. The zero-order chi connectivity index (χ0) is 15.2. The Morgan fingerprint density at radius 2 is 1.86 bits per heavy atom. The van der Waals surface area contributed by atoms with Crippen molar-refractivity contribution in [3.05, 3.63) is 41.9 Å². The Morgan fingerprint density at radius 1 is 1.10 bits per heavy atom. The third-order valence-electron chi connectivity index (χ3n) is 2.81. The summed E-state index contributed by atoms with van der Waals surface area (Å²) in [6, 6.07) is 8.42. The highest BCUT2D eigenvalue weighted by atomic mass is 16.5. The van der Waals surface area contributed by atoms with Crippen LogP contribution in [0.1, 0.15) is 16.3 Å². The van der Waals surface area contributed by atoms with Gasteiger partial charge in [0.1, 0.15) is 12.4 Å². The van der Waals surface area contributed by atoms with Crippen LogP contribution < -0.4 is 14.8 Å². The molecule has 6 heteroatoms. The van der Waals surface area contributed by atoms with Crippen molar-refractivity contribution in [2.75, 3.05) is 26.6 Å². The van der Waals surface area contributed by atoms with Crippen LogP contribution in [-0.4, -0.2) is 27.2 Å². The van der Waals surface area contributed by atoms with Gasteiger partial charge in [-0.25, -0.2) is 0 Å². The highest BCUT2D eigenvalue weighted by molar-refractivity contribution is 6.02. The van der Waals surface area contributed by atoms with Gasteiger partial charge in [0, 0.05) is 18.9 Å². The number of amides is 1. The van der Waals surface area contributed by atoms with E-state index in [0.717, 1.165) is 0 Å². The molecule has 1 N–H and O–H groups in total. The van der Waals surface area contributed by atoms with Crippen LogP contribution in [0.5, 0.6) is 11.5 Å². The predicted molar refractivity (Wildman–Crippen MR) is 76.9 cm³/mol. The van der Waals surface area contributed by atoms with E-state index in [-0.39, 0.29) is 11.7 Å². The van der Waals surface area contributed by atoms with E-state index in [1.807, 2.05) is 0 Å². The van der Waals surface area contributed by atoms with Gasteiger partial charge in [-0.2, -0.15) is 0 Å². The molecule has 0 radical (unpaired) electrons. The molecule has 0 aliphatic heterocycles. The van der Waals surface area contributed by atoms with Crippen LogP contribution in [-0.2, 0) is 11.3 Å². The quantitative estimate of drug-likeness (QED) is 0.886. The van der Waals surface area contributed by atoms with Crippen molar-refractivity contribution in [1.29, 1.82) is 0 Å². The standard InChI is InChI=1S/C15H17NO5/c1-18-9-11-5-7-13(21-11)15(17)16-10-4-6-12(19-2)14(8-10)20-3/h4-8H,9H2,1-3H3,(H,16,17). The van der Waals surface area contributed by atoms with Gasteiger partial charge in [0.25, 0.3) is 5.91 Å². The maximum atomic E-state index is 12.1. The Labute approximate surface area is 122 Å². The van der Waals surface area contributed by atoms with Gasteiger partial charge in [0.15, 0.2) is 17.3 Å². The van der Waals surface area contributed by atoms with Gasteiger partial charge in [0.2, 0.25) is 0 Å². The van der Waals surface area contributed by atoms with Crippen molar-refractivity contribution in [1.82, 2.24) is 0 Å². The van der Waals surface area contributed by atoms with Gasteiger partial charge in [-0.1, -0.05) is 0 Å². The Bertz CT molecular complexity index is 620. The fraction of sp³-hybridized carbons (Fsp3) is 0.267. The summed E-state index contributed by atoms with van der Waals surface area (Å²) in [5, 5.41) is 2.73. The summed E-state index contributed by atoms with van der Waals surface area (Å²) in [5.74, 6) is 1.60. The van der Waals surface area contributed by atoms with E-state index >= 15 is 0 Å². The highest BCUT2D eigenvalue weighted by Crippen LogP contribution is 2.29. The minimum Gasteiger partial charge on any atom is -0.493 e. The number of benzene rings is 1. The van der Waals surface area contributed by atoms with Crippen LogP contribution in [0, 0.1) is 0 Å². The van der Waals surface area contributed by atoms with Crippen molar-refractivity contribution in [2.24, 2.45) is 0 Å². The molecular formula is C15H17NO5. The van der Waals surface area contributed by atoms with E-state index in [2.05, 4.69) is 5.32 Å². The molecule has 0 unspecified atom stereocenters. The van der Waals surface area contributed by atoms with E-state index in [0.29, 0.717) is 29.6 Å². The van der Waals surface area contributed by atoms with Gasteiger partial charge >= 0.3 is 0 Å². The van der Waals surface area contributed by atoms with Crippen molar-refractivity contribution < 1.29 is 23.4 Å². The molecule has 0 bridgehead atoms. The van der Waals surface area contributed by atoms with E-state index < -0.39 is 0 Å². The molecule has 0 fully saturated rings. The molecule has 0 spiro atoms. The number of rotatable bonds is 6. The van der Waals surface area contributed by atoms with Crippen LogP contribution >= 0.6 is 0 Å². The molecule has 0 aliphatic carbocycles. The first-order valence-electron chi connectivity index (χ1n) is 6.29. The topological polar surface area (TPSA) is 69.9 Å². The lowest BCUT2D eigenvalue weighted by atomic mass is 10.2. The first kappa shape index (κ1) is 14.9. The zero-order valence-corrected chi connectivity index (χ0v) is 12.1. The highest BCUT2D eigenvalue weighted by Gasteiger charge is 2.13. The number of carbonyl (C=O) groups is 1. The second-order valence-corrected chi connectivity index (χ2v) is 4.22. The van der Waals surface area contributed by atoms with Gasteiger partial charge < -0.3 is 23.9 Å². The summed E-state index contributed by atoms with van der Waals surface area (Å²) in [7, 11) is 4.65. The van der Waals surface area contributed by atoms with Crippen LogP contribution in [0.15, 0.2) is 34.7 Å². The number of anilines is 1. The lowest BCUT2D eigenvalue weighted by Crippen LogP contribution is -2.11. The SMILES string of the molecule is COCc1ccc(C(=O)Nc2ccc(OC)c(OC)c2)o1. The molecule has 1 aromatic heterocycles. The lowest BCUT2D eigenvalue weighted by Gasteiger charge is -2.09. The molecule has 0 saturated carbocycles. The van der Waals surface area contributed by atoms with Crippen molar-refractivity contribution in [3.63, 3.8) is 0 Å². The van der Waals surface area contributed by atoms with Crippen molar-refractivity contribution >= 4 is 11.6 Å². The lowest BCUT2D eigenvalue weighted by molar-refractivity contribution is 0.0987. The molecular weight excluding hydrogens is 274 g/mol. The fourth-order valence-electron chi connectivity index (χ4n) is 1.83. The Kier molecular flexibility index (Phi) is 4.84. The van der Waals surface area contributed by atoms with Crippen molar-refractivity contribution in [3.8, 4) is 11.5 Å². The Balaban J connectivity index is 2.11. The van der Waals surface area contributed by atoms with Crippen LogP contribution in [0.4, 0.5) is 5.69 Å². The zero-order valence-electron chi connectivity index (χ0n) is 12.1. The molecule has 1 amide bonds. The maximum Gasteiger partial charge on any atom is 0.291 e. The van der Waals surface area contributed by atoms with Crippen LogP contribution in [0.25, 0.3) is 0 Å². The first-order valence-corrected chi connectivity index (χ1v) is 6.29. The first-order chi connectivity index (χ1) is 10.2. The molecule has 112 valence electrons. The van der Waals surface area contributed by atoms with Crippen LogP contribution in [0.2, 0.25) is 0 Å².